The summed E-state index contributed by atoms with van der Waals surface area (Å²) in [5.41, 5.74) is 1.04. The van der Waals surface area contributed by atoms with E-state index in [9.17, 15) is 4.79 Å². The molecule has 0 saturated heterocycles. The molecule has 0 aliphatic carbocycles. The summed E-state index contributed by atoms with van der Waals surface area (Å²) in [6.45, 7) is 6.65. The lowest BCUT2D eigenvalue weighted by molar-refractivity contribution is -0.115. The zero-order chi connectivity index (χ0) is 12.5. The Hall–Kier alpha value is -1.01. The fraction of sp³-hybridized carbons (Fsp3) is 0.429. The van der Waals surface area contributed by atoms with Crippen LogP contribution in [0.3, 0.4) is 0 Å². The lowest BCUT2D eigenvalue weighted by atomic mass is 10.2. The summed E-state index contributed by atoms with van der Waals surface area (Å²) < 4.78 is 0. The maximum Gasteiger partial charge on any atom is 0.141 e. The van der Waals surface area contributed by atoms with Crippen LogP contribution in [0.5, 0.6) is 0 Å². The summed E-state index contributed by atoms with van der Waals surface area (Å²) in [5, 5.41) is 1.46. The van der Waals surface area contributed by atoms with Gasteiger partial charge in [-0.2, -0.15) is 0 Å². The molecule has 0 saturated carbocycles. The van der Waals surface area contributed by atoms with Gasteiger partial charge in [0.15, 0.2) is 0 Å². The van der Waals surface area contributed by atoms with Crippen LogP contribution in [0.15, 0.2) is 30.5 Å². The predicted molar refractivity (Wildman–Crippen MR) is 73.4 cm³/mol. The molecule has 1 atom stereocenters. The van der Waals surface area contributed by atoms with Crippen molar-refractivity contribution in [3.05, 3.63) is 36.2 Å². The van der Waals surface area contributed by atoms with Gasteiger partial charge in [-0.3, -0.25) is 9.78 Å². The fourth-order valence-corrected chi connectivity index (χ4v) is 4.57. The van der Waals surface area contributed by atoms with Crippen LogP contribution in [-0.2, 0) is 4.79 Å². The van der Waals surface area contributed by atoms with Crippen molar-refractivity contribution in [2.45, 2.75) is 32.3 Å². The normalized spacial score (nSPS) is 21.2. The second kappa shape index (κ2) is 4.70. The maximum absolute atomic E-state index is 11.6. The molecule has 0 spiro atoms. The van der Waals surface area contributed by atoms with E-state index in [0.717, 1.165) is 5.69 Å². The number of hydrogen-bond donors (Lipinski definition) is 0. The molecule has 1 aliphatic rings. The molecule has 2 rings (SSSR count). The number of aromatic nitrogens is 1. The van der Waals surface area contributed by atoms with Crippen LogP contribution in [0.1, 0.15) is 32.9 Å². The SMILES string of the molecule is CC(C)(C)P1CC(=O)CC=C1c1ccccn1. The summed E-state index contributed by atoms with van der Waals surface area (Å²) in [6, 6.07) is 5.98. The van der Waals surface area contributed by atoms with Gasteiger partial charge >= 0.3 is 0 Å². The first kappa shape index (κ1) is 12.4. The molecular weight excluding hydrogens is 229 g/mol. The monoisotopic (exact) mass is 247 g/mol. The molecule has 2 heterocycles. The van der Waals surface area contributed by atoms with Crippen LogP contribution in [0.4, 0.5) is 0 Å². The topological polar surface area (TPSA) is 30.0 Å². The van der Waals surface area contributed by atoms with Crippen molar-refractivity contribution in [3.63, 3.8) is 0 Å². The zero-order valence-corrected chi connectivity index (χ0v) is 11.5. The minimum absolute atomic E-state index is 0.161. The van der Waals surface area contributed by atoms with Gasteiger partial charge in [-0.05, 0) is 22.6 Å². The number of rotatable bonds is 1. The van der Waals surface area contributed by atoms with E-state index in [4.69, 9.17) is 0 Å². The number of nitrogens with zero attached hydrogens (tertiary/aromatic N) is 1. The molecular formula is C14H18NOP. The molecule has 1 aromatic heterocycles. The average Bonchev–Trinajstić information content (AvgIpc) is 2.29. The standard InChI is InChI=1S/C14H18NOP/c1-14(2,3)17-10-11(16)7-8-13(17)12-6-4-5-9-15-12/h4-6,8-9H,7,10H2,1-3H3. The lowest BCUT2D eigenvalue weighted by Gasteiger charge is -2.35. The lowest BCUT2D eigenvalue weighted by Crippen LogP contribution is -2.20. The minimum Gasteiger partial charge on any atom is -0.299 e. The summed E-state index contributed by atoms with van der Waals surface area (Å²) in [7, 11) is -0.443. The Morgan fingerprint density at radius 1 is 1.29 bits per heavy atom. The van der Waals surface area contributed by atoms with E-state index in [1.807, 2.05) is 24.4 Å². The van der Waals surface area contributed by atoms with Crippen molar-refractivity contribution < 1.29 is 4.79 Å². The number of ketones is 1. The summed E-state index contributed by atoms with van der Waals surface area (Å²) in [6.07, 6.45) is 5.19. The zero-order valence-electron chi connectivity index (χ0n) is 10.6. The summed E-state index contributed by atoms with van der Waals surface area (Å²) in [5.74, 6) is 0.366. The number of carbonyl (C=O) groups excluding carboxylic acids is 1. The van der Waals surface area contributed by atoms with Gasteiger partial charge in [0.2, 0.25) is 0 Å². The Balaban J connectivity index is 2.40. The molecule has 1 aromatic rings. The molecule has 0 aromatic carbocycles. The Morgan fingerprint density at radius 2 is 2.06 bits per heavy atom. The van der Waals surface area contributed by atoms with Crippen molar-refractivity contribution in [3.8, 4) is 0 Å². The second-order valence-corrected chi connectivity index (χ2v) is 8.30. The van der Waals surface area contributed by atoms with Crippen molar-refractivity contribution in [1.29, 1.82) is 0 Å². The van der Waals surface area contributed by atoms with E-state index in [1.165, 1.54) is 5.31 Å². The van der Waals surface area contributed by atoms with Crippen molar-refractivity contribution in [2.75, 3.05) is 6.16 Å². The largest absolute Gasteiger partial charge is 0.299 e. The van der Waals surface area contributed by atoms with E-state index >= 15 is 0 Å². The highest BCUT2D eigenvalue weighted by Crippen LogP contribution is 2.61. The third-order valence-corrected chi connectivity index (χ3v) is 6.17. The first-order chi connectivity index (χ1) is 7.98. The number of pyridine rings is 1. The van der Waals surface area contributed by atoms with Crippen LogP contribution in [-0.4, -0.2) is 22.1 Å². The number of allylic oxidation sites excluding steroid dienone is 1. The molecule has 3 heteroatoms. The molecule has 90 valence electrons. The van der Waals surface area contributed by atoms with Crippen LogP contribution in [0.25, 0.3) is 5.31 Å². The van der Waals surface area contributed by atoms with Gasteiger partial charge in [0.1, 0.15) is 5.78 Å². The van der Waals surface area contributed by atoms with E-state index in [-0.39, 0.29) is 5.16 Å². The first-order valence-electron chi connectivity index (χ1n) is 5.89. The van der Waals surface area contributed by atoms with Crippen molar-refractivity contribution in [1.82, 2.24) is 4.98 Å². The van der Waals surface area contributed by atoms with E-state index in [0.29, 0.717) is 18.4 Å². The number of Topliss-reactive ketones (excluding diaryl/α,β-unsaturated/α-hetero) is 1. The average molecular weight is 247 g/mol. The van der Waals surface area contributed by atoms with Crippen LogP contribution >= 0.6 is 7.92 Å². The van der Waals surface area contributed by atoms with Gasteiger partial charge in [-0.15, -0.1) is 0 Å². The Morgan fingerprint density at radius 3 is 2.65 bits per heavy atom. The van der Waals surface area contributed by atoms with Crippen LogP contribution in [0, 0.1) is 0 Å². The first-order valence-corrected chi connectivity index (χ1v) is 7.42. The van der Waals surface area contributed by atoms with Gasteiger partial charge in [0.05, 0.1) is 5.69 Å². The van der Waals surface area contributed by atoms with Crippen LogP contribution in [0.2, 0.25) is 0 Å². The minimum atomic E-state index is -0.443. The third-order valence-electron chi connectivity index (χ3n) is 2.89. The molecule has 0 radical (unpaired) electrons. The van der Waals surface area contributed by atoms with Gasteiger partial charge in [-0.1, -0.05) is 40.8 Å². The predicted octanol–water partition coefficient (Wildman–Crippen LogP) is 3.68. The van der Waals surface area contributed by atoms with E-state index in [1.54, 1.807) is 0 Å². The highest BCUT2D eigenvalue weighted by Gasteiger charge is 2.32. The third kappa shape index (κ3) is 2.81. The number of hydrogen-bond acceptors (Lipinski definition) is 2. The van der Waals surface area contributed by atoms with E-state index < -0.39 is 7.92 Å². The molecule has 17 heavy (non-hydrogen) atoms. The van der Waals surface area contributed by atoms with Gasteiger partial charge < -0.3 is 0 Å². The van der Waals surface area contributed by atoms with E-state index in [2.05, 4.69) is 31.8 Å². The van der Waals surface area contributed by atoms with Gasteiger partial charge in [-0.25, -0.2) is 0 Å². The van der Waals surface area contributed by atoms with Crippen molar-refractivity contribution >= 4 is 19.0 Å². The molecule has 2 nitrogen and oxygen atoms in total. The molecule has 0 N–H and O–H groups in total. The molecule has 0 amide bonds. The Labute approximate surface area is 104 Å². The molecule has 1 unspecified atom stereocenters. The number of carbonyl (C=O) groups is 1. The smallest absolute Gasteiger partial charge is 0.141 e. The molecule has 0 bridgehead atoms. The second-order valence-electron chi connectivity index (χ2n) is 5.30. The van der Waals surface area contributed by atoms with Gasteiger partial charge in [0, 0.05) is 18.8 Å². The quantitative estimate of drug-likeness (QED) is 0.709. The maximum atomic E-state index is 11.6. The molecule has 1 aliphatic heterocycles. The van der Waals surface area contributed by atoms with Gasteiger partial charge in [0.25, 0.3) is 0 Å². The molecule has 0 fully saturated rings. The Kier molecular flexibility index (Phi) is 3.44. The highest BCUT2D eigenvalue weighted by molar-refractivity contribution is 7.70. The summed E-state index contributed by atoms with van der Waals surface area (Å²) in [4.78, 5) is 16.1. The highest BCUT2D eigenvalue weighted by atomic mass is 31.1. The Bertz CT molecular complexity index is 445. The fourth-order valence-electron chi connectivity index (χ4n) is 2.00. The van der Waals surface area contributed by atoms with Crippen molar-refractivity contribution in [2.24, 2.45) is 0 Å². The summed E-state index contributed by atoms with van der Waals surface area (Å²) >= 11 is 0. The van der Waals surface area contributed by atoms with Crippen LogP contribution < -0.4 is 0 Å².